The van der Waals surface area contributed by atoms with Gasteiger partial charge >= 0.3 is 6.18 Å². The summed E-state index contributed by atoms with van der Waals surface area (Å²) in [5.41, 5.74) is 0.0746. The molecule has 1 aliphatic rings. The van der Waals surface area contributed by atoms with E-state index in [2.05, 4.69) is 4.98 Å². The first-order valence-electron chi connectivity index (χ1n) is 11.1. The number of nitrogens with zero attached hydrogens (tertiary/aromatic N) is 2. The van der Waals surface area contributed by atoms with Gasteiger partial charge in [-0.2, -0.15) is 13.2 Å². The number of halogens is 5. The van der Waals surface area contributed by atoms with Crippen molar-refractivity contribution in [3.8, 4) is 11.1 Å². The summed E-state index contributed by atoms with van der Waals surface area (Å²) in [4.78, 5) is 19.6. The normalized spacial score (nSPS) is 17.4. The van der Waals surface area contributed by atoms with Crippen LogP contribution in [0.2, 0.25) is 0 Å². The van der Waals surface area contributed by atoms with Crippen molar-refractivity contribution in [3.05, 3.63) is 113 Å². The number of alkyl halides is 3. The number of rotatable bonds is 4. The van der Waals surface area contributed by atoms with Gasteiger partial charge in [-0.05, 0) is 84.1 Å². The fourth-order valence-corrected chi connectivity index (χ4v) is 4.70. The number of amides is 1. The number of pyridine rings is 1. The summed E-state index contributed by atoms with van der Waals surface area (Å²) >= 11 is 0. The number of carbonyl (C=O) groups excluding carboxylic acids is 1. The van der Waals surface area contributed by atoms with Crippen molar-refractivity contribution in [2.24, 2.45) is 0 Å². The summed E-state index contributed by atoms with van der Waals surface area (Å²) in [6.45, 7) is 1.66. The van der Waals surface area contributed by atoms with Gasteiger partial charge in [-0.25, -0.2) is 13.8 Å². The first-order valence-corrected chi connectivity index (χ1v) is 11.1. The Kier molecular flexibility index (Phi) is 5.62. The van der Waals surface area contributed by atoms with Gasteiger partial charge in [0.1, 0.15) is 17.5 Å². The number of carbonyl (C=O) groups is 1. The number of hydrogen-bond acceptors (Lipinski definition) is 2. The number of hydrogen-bond donors (Lipinski definition) is 0. The van der Waals surface area contributed by atoms with Crippen LogP contribution in [0.25, 0.3) is 11.1 Å². The Labute approximate surface area is 203 Å². The van der Waals surface area contributed by atoms with Crippen LogP contribution >= 0.6 is 0 Å². The van der Waals surface area contributed by atoms with Gasteiger partial charge in [0.15, 0.2) is 0 Å². The fourth-order valence-electron chi connectivity index (χ4n) is 4.70. The Balaban J connectivity index is 1.67. The van der Waals surface area contributed by atoms with Crippen molar-refractivity contribution < 1.29 is 26.7 Å². The standard InChI is InChI=1S/C28H19F5N2O/c1-27(16-17-11-21(29)15-22(30)12-17)23-14-19(18-5-4-6-20(13-18)28(31,32)33)8-9-24(23)35(26(27)36)25-7-2-3-10-34-25/h2-15H,16H2,1H3. The Hall–Kier alpha value is -4.07. The van der Waals surface area contributed by atoms with Crippen molar-refractivity contribution >= 4 is 17.4 Å². The fraction of sp³-hybridized carbons (Fsp3) is 0.143. The van der Waals surface area contributed by atoms with Gasteiger partial charge in [-0.3, -0.25) is 9.69 Å². The molecule has 8 heteroatoms. The molecule has 182 valence electrons. The second-order valence-electron chi connectivity index (χ2n) is 8.93. The molecule has 0 aliphatic carbocycles. The zero-order chi connectivity index (χ0) is 25.7. The molecular formula is C28H19F5N2O. The minimum Gasteiger partial charge on any atom is -0.273 e. The zero-order valence-corrected chi connectivity index (χ0v) is 19.0. The molecule has 1 aliphatic heterocycles. The zero-order valence-electron chi connectivity index (χ0n) is 19.0. The van der Waals surface area contributed by atoms with Crippen LogP contribution in [0.4, 0.5) is 33.5 Å². The van der Waals surface area contributed by atoms with E-state index in [1.165, 1.54) is 29.3 Å². The number of anilines is 2. The molecule has 1 atom stereocenters. The van der Waals surface area contributed by atoms with Crippen molar-refractivity contribution in [3.63, 3.8) is 0 Å². The predicted molar refractivity (Wildman–Crippen MR) is 126 cm³/mol. The minimum atomic E-state index is -4.51. The van der Waals surface area contributed by atoms with Crippen molar-refractivity contribution in [2.75, 3.05) is 4.90 Å². The molecule has 0 fully saturated rings. The first-order chi connectivity index (χ1) is 17.1. The van der Waals surface area contributed by atoms with Gasteiger partial charge in [-0.1, -0.05) is 24.3 Å². The summed E-state index contributed by atoms with van der Waals surface area (Å²) in [5, 5.41) is 0. The summed E-state index contributed by atoms with van der Waals surface area (Å²) in [7, 11) is 0. The van der Waals surface area contributed by atoms with Crippen LogP contribution in [0.15, 0.2) is 85.1 Å². The maximum absolute atomic E-state index is 13.9. The average molecular weight is 494 g/mol. The second kappa shape index (κ2) is 8.55. The largest absolute Gasteiger partial charge is 0.416 e. The monoisotopic (exact) mass is 494 g/mol. The Bertz CT molecular complexity index is 1450. The highest BCUT2D eigenvalue weighted by atomic mass is 19.4. The highest BCUT2D eigenvalue weighted by molar-refractivity contribution is 6.12. The van der Waals surface area contributed by atoms with E-state index in [1.54, 1.807) is 49.4 Å². The number of fused-ring (bicyclic) bond motifs is 1. The maximum atomic E-state index is 13.9. The smallest absolute Gasteiger partial charge is 0.273 e. The third-order valence-electron chi connectivity index (χ3n) is 6.39. The molecule has 1 unspecified atom stereocenters. The molecule has 1 aromatic heterocycles. The van der Waals surface area contributed by atoms with E-state index in [-0.39, 0.29) is 17.9 Å². The van der Waals surface area contributed by atoms with Gasteiger partial charge in [0, 0.05) is 12.3 Å². The lowest BCUT2D eigenvalue weighted by molar-refractivity contribution is -0.137. The highest BCUT2D eigenvalue weighted by Crippen LogP contribution is 2.48. The van der Waals surface area contributed by atoms with Crippen LogP contribution in [0, 0.1) is 11.6 Å². The van der Waals surface area contributed by atoms with Gasteiger partial charge in [-0.15, -0.1) is 0 Å². The van der Waals surface area contributed by atoms with Crippen LogP contribution in [-0.4, -0.2) is 10.9 Å². The Morgan fingerprint density at radius 3 is 2.25 bits per heavy atom. The van der Waals surface area contributed by atoms with E-state index in [0.29, 0.717) is 28.2 Å². The quantitative estimate of drug-likeness (QED) is 0.281. The molecule has 0 bridgehead atoms. The second-order valence-corrected chi connectivity index (χ2v) is 8.93. The molecule has 36 heavy (non-hydrogen) atoms. The predicted octanol–water partition coefficient (Wildman–Crippen LogP) is 7.22. The molecule has 0 radical (unpaired) electrons. The van der Waals surface area contributed by atoms with Crippen LogP contribution < -0.4 is 4.90 Å². The third-order valence-corrected chi connectivity index (χ3v) is 6.39. The summed E-state index contributed by atoms with van der Waals surface area (Å²) in [6.07, 6.45) is -2.99. The molecule has 2 heterocycles. The van der Waals surface area contributed by atoms with Crippen LogP contribution in [0.1, 0.15) is 23.6 Å². The van der Waals surface area contributed by atoms with E-state index < -0.39 is 28.8 Å². The first kappa shape index (κ1) is 23.7. The molecule has 0 N–H and O–H groups in total. The molecule has 5 rings (SSSR count). The van der Waals surface area contributed by atoms with Crippen molar-refractivity contribution in [1.82, 2.24) is 4.98 Å². The molecule has 1 amide bonds. The van der Waals surface area contributed by atoms with E-state index in [4.69, 9.17) is 0 Å². The molecule has 0 spiro atoms. The lowest BCUT2D eigenvalue weighted by atomic mass is 9.77. The summed E-state index contributed by atoms with van der Waals surface area (Å²) in [6, 6.07) is 18.1. The topological polar surface area (TPSA) is 33.2 Å². The Morgan fingerprint density at radius 2 is 1.58 bits per heavy atom. The maximum Gasteiger partial charge on any atom is 0.416 e. The molecule has 0 saturated heterocycles. The summed E-state index contributed by atoms with van der Waals surface area (Å²) in [5.74, 6) is -1.52. The van der Waals surface area contributed by atoms with Crippen LogP contribution in [0.5, 0.6) is 0 Å². The van der Waals surface area contributed by atoms with E-state index in [1.807, 2.05) is 0 Å². The van der Waals surface area contributed by atoms with Crippen LogP contribution in [-0.2, 0) is 22.8 Å². The van der Waals surface area contributed by atoms with Crippen LogP contribution in [0.3, 0.4) is 0 Å². The van der Waals surface area contributed by atoms with Gasteiger partial charge in [0.05, 0.1) is 16.7 Å². The third kappa shape index (κ3) is 4.12. The van der Waals surface area contributed by atoms with E-state index in [0.717, 1.165) is 18.2 Å². The molecular weight excluding hydrogens is 475 g/mol. The van der Waals surface area contributed by atoms with Gasteiger partial charge in [0.2, 0.25) is 5.91 Å². The average Bonchev–Trinajstić information content (AvgIpc) is 3.04. The lowest BCUT2D eigenvalue weighted by Crippen LogP contribution is -2.38. The molecule has 3 aromatic carbocycles. The van der Waals surface area contributed by atoms with Crippen molar-refractivity contribution in [2.45, 2.75) is 24.9 Å². The Morgan fingerprint density at radius 1 is 0.861 bits per heavy atom. The van der Waals surface area contributed by atoms with Crippen molar-refractivity contribution in [1.29, 1.82) is 0 Å². The lowest BCUT2D eigenvalue weighted by Gasteiger charge is -2.24. The van der Waals surface area contributed by atoms with E-state index >= 15 is 0 Å². The van der Waals surface area contributed by atoms with E-state index in [9.17, 15) is 26.7 Å². The molecule has 0 saturated carbocycles. The SMILES string of the molecule is CC1(Cc2cc(F)cc(F)c2)C(=O)N(c2ccccn2)c2ccc(-c3cccc(C(F)(F)F)c3)cc21. The molecule has 3 nitrogen and oxygen atoms in total. The van der Waals surface area contributed by atoms with Gasteiger partial charge in [0.25, 0.3) is 0 Å². The molecule has 4 aromatic rings. The van der Waals surface area contributed by atoms with Gasteiger partial charge < -0.3 is 0 Å². The number of benzene rings is 3. The minimum absolute atomic E-state index is 0.0249. The summed E-state index contributed by atoms with van der Waals surface area (Å²) < 4.78 is 67.8. The number of aromatic nitrogens is 1. The highest BCUT2D eigenvalue weighted by Gasteiger charge is 2.48.